The van der Waals surface area contributed by atoms with E-state index in [0.717, 1.165) is 12.8 Å². The van der Waals surface area contributed by atoms with E-state index >= 15 is 0 Å². The van der Waals surface area contributed by atoms with Crippen LogP contribution in [0.25, 0.3) is 0 Å². The maximum absolute atomic E-state index is 10.5. The molecule has 1 unspecified atom stereocenters. The number of fused-ring (bicyclic) bond motifs is 1. The molecule has 0 aromatic heterocycles. The van der Waals surface area contributed by atoms with E-state index in [0.29, 0.717) is 12.5 Å². The summed E-state index contributed by atoms with van der Waals surface area (Å²) in [6.07, 6.45) is 3.34. The average molecular weight is 204 g/mol. The van der Waals surface area contributed by atoms with Crippen LogP contribution in [-0.2, 0) is 6.42 Å². The average Bonchev–Trinajstić information content (AvgIpc) is 2.62. The quantitative estimate of drug-likeness (QED) is 0.774. The maximum Gasteiger partial charge on any atom is 0.312 e. The van der Waals surface area contributed by atoms with Crippen LogP contribution >= 0.6 is 0 Å². The van der Waals surface area contributed by atoms with Crippen molar-refractivity contribution >= 4 is 6.03 Å². The van der Waals surface area contributed by atoms with Crippen LogP contribution in [0.4, 0.5) is 4.79 Å². The number of carbonyl (C=O) groups is 1. The zero-order valence-corrected chi connectivity index (χ0v) is 8.70. The summed E-state index contributed by atoms with van der Waals surface area (Å²) >= 11 is 0. The second-order valence-electron chi connectivity index (χ2n) is 4.01. The molecule has 0 spiro atoms. The van der Waals surface area contributed by atoms with Crippen molar-refractivity contribution in [2.45, 2.75) is 25.2 Å². The molecule has 1 atom stereocenters. The number of amides is 2. The molecular formula is C12H16N2O. The first-order chi connectivity index (χ1) is 7.27. The molecule has 80 valence electrons. The summed E-state index contributed by atoms with van der Waals surface area (Å²) in [5.41, 5.74) is 7.93. The summed E-state index contributed by atoms with van der Waals surface area (Å²) in [7, 11) is 0. The summed E-state index contributed by atoms with van der Waals surface area (Å²) in [5.74, 6) is 0.591. The fourth-order valence-electron chi connectivity index (χ4n) is 2.31. The monoisotopic (exact) mass is 204 g/mol. The highest BCUT2D eigenvalue weighted by atomic mass is 16.2. The van der Waals surface area contributed by atoms with Crippen LogP contribution in [-0.4, -0.2) is 12.6 Å². The van der Waals surface area contributed by atoms with Gasteiger partial charge in [-0.05, 0) is 36.3 Å². The van der Waals surface area contributed by atoms with Gasteiger partial charge in [-0.3, -0.25) is 0 Å². The smallest absolute Gasteiger partial charge is 0.312 e. The molecule has 3 nitrogen and oxygen atoms in total. The summed E-state index contributed by atoms with van der Waals surface area (Å²) in [6.45, 7) is 0.675. The molecule has 2 rings (SSSR count). The number of nitrogens with one attached hydrogen (secondary N) is 1. The predicted molar refractivity (Wildman–Crippen MR) is 59.7 cm³/mol. The van der Waals surface area contributed by atoms with Gasteiger partial charge in [-0.1, -0.05) is 24.3 Å². The third kappa shape index (κ3) is 2.29. The lowest BCUT2D eigenvalue weighted by molar-refractivity contribution is 0.248. The molecule has 1 aromatic rings. The lowest BCUT2D eigenvalue weighted by Crippen LogP contribution is -2.30. The Balaban J connectivity index is 1.93. The van der Waals surface area contributed by atoms with Gasteiger partial charge >= 0.3 is 6.03 Å². The van der Waals surface area contributed by atoms with Gasteiger partial charge in [0.2, 0.25) is 0 Å². The molecule has 0 saturated carbocycles. The number of hydrogen-bond donors (Lipinski definition) is 2. The highest BCUT2D eigenvalue weighted by Gasteiger charge is 2.21. The minimum atomic E-state index is -0.429. The molecule has 0 aliphatic heterocycles. The number of aryl methyl sites for hydroxylation is 1. The van der Waals surface area contributed by atoms with E-state index in [-0.39, 0.29) is 0 Å². The first-order valence-corrected chi connectivity index (χ1v) is 5.38. The summed E-state index contributed by atoms with van der Waals surface area (Å²) in [6, 6.07) is 8.12. The second kappa shape index (κ2) is 4.34. The topological polar surface area (TPSA) is 55.1 Å². The number of hydrogen-bond acceptors (Lipinski definition) is 1. The second-order valence-corrected chi connectivity index (χ2v) is 4.01. The molecule has 3 heteroatoms. The van der Waals surface area contributed by atoms with Gasteiger partial charge in [0, 0.05) is 6.54 Å². The molecule has 0 fully saturated rings. The van der Waals surface area contributed by atoms with Gasteiger partial charge in [0.05, 0.1) is 0 Å². The molecule has 0 heterocycles. The van der Waals surface area contributed by atoms with Crippen LogP contribution in [0.2, 0.25) is 0 Å². The molecule has 1 aliphatic carbocycles. The lowest BCUT2D eigenvalue weighted by atomic mass is 9.98. The van der Waals surface area contributed by atoms with Gasteiger partial charge in [0.25, 0.3) is 0 Å². The maximum atomic E-state index is 10.5. The Bertz CT molecular complexity index is 362. The number of carbonyl (C=O) groups excluding carboxylic acids is 1. The highest BCUT2D eigenvalue weighted by Crippen LogP contribution is 2.34. The van der Waals surface area contributed by atoms with Crippen LogP contribution in [0, 0.1) is 0 Å². The Morgan fingerprint density at radius 1 is 1.47 bits per heavy atom. The van der Waals surface area contributed by atoms with Crippen LogP contribution < -0.4 is 11.1 Å². The van der Waals surface area contributed by atoms with Crippen LogP contribution in [0.1, 0.15) is 29.9 Å². The van der Waals surface area contributed by atoms with E-state index < -0.39 is 6.03 Å². The minimum absolute atomic E-state index is 0.429. The van der Waals surface area contributed by atoms with Gasteiger partial charge in [-0.25, -0.2) is 4.79 Å². The Kier molecular flexibility index (Phi) is 2.90. The Morgan fingerprint density at radius 3 is 3.07 bits per heavy atom. The van der Waals surface area contributed by atoms with Crippen LogP contribution in [0.3, 0.4) is 0 Å². The number of rotatable bonds is 3. The molecule has 0 bridgehead atoms. The number of urea groups is 1. The van der Waals surface area contributed by atoms with Gasteiger partial charge in [0.15, 0.2) is 0 Å². The predicted octanol–water partition coefficient (Wildman–Crippen LogP) is 1.77. The molecular weight excluding hydrogens is 188 g/mol. The molecule has 1 aromatic carbocycles. The fourth-order valence-corrected chi connectivity index (χ4v) is 2.31. The van der Waals surface area contributed by atoms with Gasteiger partial charge in [0.1, 0.15) is 0 Å². The van der Waals surface area contributed by atoms with Crippen molar-refractivity contribution in [3.05, 3.63) is 35.4 Å². The zero-order chi connectivity index (χ0) is 10.7. The van der Waals surface area contributed by atoms with Gasteiger partial charge in [-0.2, -0.15) is 0 Å². The Morgan fingerprint density at radius 2 is 2.27 bits per heavy atom. The van der Waals surface area contributed by atoms with Crippen molar-refractivity contribution in [3.63, 3.8) is 0 Å². The van der Waals surface area contributed by atoms with E-state index in [9.17, 15) is 4.79 Å². The van der Waals surface area contributed by atoms with Gasteiger partial charge < -0.3 is 11.1 Å². The van der Waals surface area contributed by atoms with Crippen molar-refractivity contribution in [1.29, 1.82) is 0 Å². The van der Waals surface area contributed by atoms with Crippen molar-refractivity contribution in [3.8, 4) is 0 Å². The van der Waals surface area contributed by atoms with Crippen molar-refractivity contribution in [1.82, 2.24) is 5.32 Å². The lowest BCUT2D eigenvalue weighted by Gasteiger charge is -2.11. The van der Waals surface area contributed by atoms with Crippen LogP contribution in [0.15, 0.2) is 24.3 Å². The molecule has 0 radical (unpaired) electrons. The standard InChI is InChI=1S/C12H16N2O/c13-12(15)14-8-7-10-6-5-9-3-1-2-4-11(9)10/h1-4,10H,5-8H2,(H3,13,14,15). The van der Waals surface area contributed by atoms with E-state index in [1.165, 1.54) is 17.5 Å². The Hall–Kier alpha value is -1.51. The largest absolute Gasteiger partial charge is 0.352 e. The summed E-state index contributed by atoms with van der Waals surface area (Å²) in [5, 5.41) is 2.64. The third-order valence-electron chi connectivity index (χ3n) is 3.05. The number of benzene rings is 1. The van der Waals surface area contributed by atoms with E-state index in [1.54, 1.807) is 0 Å². The normalized spacial score (nSPS) is 18.5. The fraction of sp³-hybridized carbons (Fsp3) is 0.417. The molecule has 2 amide bonds. The third-order valence-corrected chi connectivity index (χ3v) is 3.05. The Labute approximate surface area is 89.7 Å². The molecule has 15 heavy (non-hydrogen) atoms. The van der Waals surface area contributed by atoms with Crippen LogP contribution in [0.5, 0.6) is 0 Å². The zero-order valence-electron chi connectivity index (χ0n) is 8.70. The molecule has 0 saturated heterocycles. The SMILES string of the molecule is NC(=O)NCCC1CCc2ccccc21. The van der Waals surface area contributed by atoms with Crippen molar-refractivity contribution < 1.29 is 4.79 Å². The number of primary amides is 1. The highest BCUT2D eigenvalue weighted by molar-refractivity contribution is 5.71. The first-order valence-electron chi connectivity index (χ1n) is 5.38. The van der Waals surface area contributed by atoms with E-state index in [1.807, 2.05) is 0 Å². The van der Waals surface area contributed by atoms with Crippen molar-refractivity contribution in [2.75, 3.05) is 6.54 Å². The van der Waals surface area contributed by atoms with Gasteiger partial charge in [-0.15, -0.1) is 0 Å². The first kappa shape index (κ1) is 10.0. The number of nitrogens with two attached hydrogens (primary N) is 1. The molecule has 1 aliphatic rings. The summed E-state index contributed by atoms with van der Waals surface area (Å²) < 4.78 is 0. The van der Waals surface area contributed by atoms with Crippen molar-refractivity contribution in [2.24, 2.45) is 5.73 Å². The molecule has 3 N–H and O–H groups in total. The summed E-state index contributed by atoms with van der Waals surface area (Å²) in [4.78, 5) is 10.5. The minimum Gasteiger partial charge on any atom is -0.352 e. The van der Waals surface area contributed by atoms with E-state index in [4.69, 9.17) is 5.73 Å². The van der Waals surface area contributed by atoms with E-state index in [2.05, 4.69) is 29.6 Å².